The number of amides is 2. The minimum absolute atomic E-state index is 0.0208. The molecular weight excluding hydrogens is 240 g/mol. The van der Waals surface area contributed by atoms with Crippen molar-refractivity contribution >= 4 is 23.2 Å². The van der Waals surface area contributed by atoms with E-state index in [-0.39, 0.29) is 17.8 Å². The summed E-state index contributed by atoms with van der Waals surface area (Å²) < 4.78 is 0. The van der Waals surface area contributed by atoms with Crippen LogP contribution < -0.4 is 16.8 Å². The van der Waals surface area contributed by atoms with Crippen LogP contribution in [-0.2, 0) is 9.59 Å². The molecule has 0 radical (unpaired) electrons. The van der Waals surface area contributed by atoms with Gasteiger partial charge in [-0.15, -0.1) is 0 Å². The smallest absolute Gasteiger partial charge is 0.292 e. The Balaban J connectivity index is 2.82. The molecule has 1 rings (SSSR count). The van der Waals surface area contributed by atoms with E-state index in [4.69, 9.17) is 11.5 Å². The van der Waals surface area contributed by atoms with Crippen LogP contribution >= 0.6 is 0 Å². The lowest BCUT2D eigenvalue weighted by Crippen LogP contribution is -2.39. The van der Waals surface area contributed by atoms with Gasteiger partial charge in [0.1, 0.15) is 5.69 Å². The van der Waals surface area contributed by atoms with Gasteiger partial charge in [-0.3, -0.25) is 19.7 Å². The van der Waals surface area contributed by atoms with Crippen molar-refractivity contribution in [3.63, 3.8) is 0 Å². The molecule has 96 valence electrons. The van der Waals surface area contributed by atoms with Crippen molar-refractivity contribution in [1.82, 2.24) is 0 Å². The second kappa shape index (κ2) is 5.73. The molecule has 1 unspecified atom stereocenters. The normalized spacial score (nSPS) is 11.6. The van der Waals surface area contributed by atoms with Gasteiger partial charge >= 0.3 is 0 Å². The molecule has 0 saturated heterocycles. The standard InChI is InChI=1S/C10H12N4O4/c11-6(5-9(12)15)10(16)13-7-3-1-2-4-8(7)14(17)18/h1-4,6H,5,11H2,(H2,12,15)(H,13,16). The summed E-state index contributed by atoms with van der Waals surface area (Å²) in [6, 6.07) is 4.48. The summed E-state index contributed by atoms with van der Waals surface area (Å²) in [6.45, 7) is 0. The van der Waals surface area contributed by atoms with Crippen molar-refractivity contribution < 1.29 is 14.5 Å². The zero-order valence-electron chi connectivity index (χ0n) is 9.33. The molecule has 0 heterocycles. The molecule has 0 spiro atoms. The van der Waals surface area contributed by atoms with Gasteiger partial charge in [-0.1, -0.05) is 12.1 Å². The largest absolute Gasteiger partial charge is 0.370 e. The number of nitrogens with one attached hydrogen (secondary N) is 1. The van der Waals surface area contributed by atoms with Crippen LogP contribution in [0.3, 0.4) is 0 Å². The number of carbonyl (C=O) groups excluding carboxylic acids is 2. The number of para-hydroxylation sites is 2. The summed E-state index contributed by atoms with van der Waals surface area (Å²) in [6.07, 6.45) is -0.327. The quantitative estimate of drug-likeness (QED) is 0.488. The van der Waals surface area contributed by atoms with Crippen molar-refractivity contribution in [3.05, 3.63) is 34.4 Å². The van der Waals surface area contributed by atoms with Crippen LogP contribution in [0.25, 0.3) is 0 Å². The Morgan fingerprint density at radius 1 is 1.39 bits per heavy atom. The first-order chi connectivity index (χ1) is 8.41. The maximum absolute atomic E-state index is 11.6. The lowest BCUT2D eigenvalue weighted by molar-refractivity contribution is -0.383. The van der Waals surface area contributed by atoms with E-state index >= 15 is 0 Å². The summed E-state index contributed by atoms with van der Waals surface area (Å²) in [5, 5.41) is 13.0. The third kappa shape index (κ3) is 3.52. The van der Waals surface area contributed by atoms with Crippen LogP contribution in [0.4, 0.5) is 11.4 Å². The third-order valence-electron chi connectivity index (χ3n) is 2.12. The zero-order valence-corrected chi connectivity index (χ0v) is 9.33. The Bertz CT molecular complexity index is 489. The highest BCUT2D eigenvalue weighted by Gasteiger charge is 2.20. The minimum Gasteiger partial charge on any atom is -0.370 e. The summed E-state index contributed by atoms with van der Waals surface area (Å²) in [5.41, 5.74) is 10.1. The van der Waals surface area contributed by atoms with Gasteiger partial charge in [0.15, 0.2) is 0 Å². The van der Waals surface area contributed by atoms with E-state index in [0.29, 0.717) is 0 Å². The first kappa shape index (κ1) is 13.6. The Kier molecular flexibility index (Phi) is 4.33. The van der Waals surface area contributed by atoms with Gasteiger partial charge in [-0.25, -0.2) is 0 Å². The number of nitro benzene ring substituents is 1. The molecule has 1 atom stereocenters. The predicted molar refractivity (Wildman–Crippen MR) is 63.5 cm³/mol. The summed E-state index contributed by atoms with van der Waals surface area (Å²) in [4.78, 5) is 32.2. The molecule has 8 nitrogen and oxygen atoms in total. The average molecular weight is 252 g/mol. The zero-order chi connectivity index (χ0) is 13.7. The highest BCUT2D eigenvalue weighted by molar-refractivity contribution is 5.98. The molecule has 0 aliphatic heterocycles. The molecule has 0 aliphatic rings. The predicted octanol–water partition coefficient (Wildman–Crippen LogP) is -0.264. The lowest BCUT2D eigenvalue weighted by Gasteiger charge is -2.10. The third-order valence-corrected chi connectivity index (χ3v) is 2.12. The van der Waals surface area contributed by atoms with Crippen molar-refractivity contribution in [1.29, 1.82) is 0 Å². The van der Waals surface area contributed by atoms with Crippen LogP contribution in [0.5, 0.6) is 0 Å². The van der Waals surface area contributed by atoms with E-state index in [9.17, 15) is 19.7 Å². The average Bonchev–Trinajstić information content (AvgIpc) is 2.28. The van der Waals surface area contributed by atoms with Crippen molar-refractivity contribution in [2.75, 3.05) is 5.32 Å². The summed E-state index contributed by atoms with van der Waals surface area (Å²) in [7, 11) is 0. The number of nitrogens with zero attached hydrogens (tertiary/aromatic N) is 1. The van der Waals surface area contributed by atoms with Gasteiger partial charge in [-0.05, 0) is 6.07 Å². The van der Waals surface area contributed by atoms with Gasteiger partial charge < -0.3 is 16.8 Å². The van der Waals surface area contributed by atoms with Crippen molar-refractivity contribution in [2.24, 2.45) is 11.5 Å². The first-order valence-corrected chi connectivity index (χ1v) is 5.00. The number of benzene rings is 1. The highest BCUT2D eigenvalue weighted by atomic mass is 16.6. The van der Waals surface area contributed by atoms with Crippen LogP contribution in [0.1, 0.15) is 6.42 Å². The molecule has 18 heavy (non-hydrogen) atoms. The molecule has 1 aromatic carbocycles. The number of carbonyl (C=O) groups is 2. The van der Waals surface area contributed by atoms with Crippen LogP contribution in [0, 0.1) is 10.1 Å². The van der Waals surface area contributed by atoms with Crippen LogP contribution in [0.15, 0.2) is 24.3 Å². The van der Waals surface area contributed by atoms with Gasteiger partial charge in [-0.2, -0.15) is 0 Å². The molecule has 0 saturated carbocycles. The fourth-order valence-electron chi connectivity index (χ4n) is 1.27. The molecule has 0 aliphatic carbocycles. The van der Waals surface area contributed by atoms with E-state index in [1.807, 2.05) is 0 Å². The Labute approximate surface area is 102 Å². The molecule has 8 heteroatoms. The summed E-state index contributed by atoms with van der Waals surface area (Å²) >= 11 is 0. The number of hydrogen-bond acceptors (Lipinski definition) is 5. The van der Waals surface area contributed by atoms with Gasteiger partial charge in [0, 0.05) is 6.07 Å². The van der Waals surface area contributed by atoms with E-state index in [1.165, 1.54) is 24.3 Å². The maximum Gasteiger partial charge on any atom is 0.292 e. The maximum atomic E-state index is 11.6. The number of hydrogen-bond donors (Lipinski definition) is 3. The van der Waals surface area contributed by atoms with Gasteiger partial charge in [0.05, 0.1) is 17.4 Å². The van der Waals surface area contributed by atoms with Gasteiger partial charge in [0.2, 0.25) is 11.8 Å². The molecular formula is C10H12N4O4. The number of anilines is 1. The topological polar surface area (TPSA) is 141 Å². The molecule has 2 amide bonds. The molecule has 0 bridgehead atoms. The Hall–Kier alpha value is -2.48. The number of primary amides is 1. The van der Waals surface area contributed by atoms with Crippen molar-refractivity contribution in [3.8, 4) is 0 Å². The molecule has 1 aromatic rings. The van der Waals surface area contributed by atoms with Crippen molar-refractivity contribution in [2.45, 2.75) is 12.5 Å². The number of nitro groups is 1. The second-order valence-corrected chi connectivity index (χ2v) is 3.54. The SMILES string of the molecule is NC(=O)CC(N)C(=O)Nc1ccccc1[N+](=O)[O-]. The fourth-order valence-corrected chi connectivity index (χ4v) is 1.27. The summed E-state index contributed by atoms with van der Waals surface area (Å²) in [5.74, 6) is -1.43. The van der Waals surface area contributed by atoms with E-state index in [1.54, 1.807) is 0 Å². The monoisotopic (exact) mass is 252 g/mol. The van der Waals surface area contributed by atoms with Crippen LogP contribution in [0.2, 0.25) is 0 Å². The number of rotatable bonds is 5. The molecule has 5 N–H and O–H groups in total. The molecule has 0 fully saturated rings. The number of nitrogens with two attached hydrogens (primary N) is 2. The Morgan fingerprint density at radius 2 is 2.00 bits per heavy atom. The Morgan fingerprint density at radius 3 is 2.56 bits per heavy atom. The van der Waals surface area contributed by atoms with E-state index < -0.39 is 22.8 Å². The minimum atomic E-state index is -1.14. The first-order valence-electron chi connectivity index (χ1n) is 5.00. The lowest BCUT2D eigenvalue weighted by atomic mass is 10.2. The van der Waals surface area contributed by atoms with Crippen LogP contribution in [-0.4, -0.2) is 22.8 Å². The van der Waals surface area contributed by atoms with Gasteiger partial charge in [0.25, 0.3) is 5.69 Å². The second-order valence-electron chi connectivity index (χ2n) is 3.54. The van der Waals surface area contributed by atoms with E-state index in [0.717, 1.165) is 0 Å². The van der Waals surface area contributed by atoms with E-state index in [2.05, 4.69) is 5.32 Å². The fraction of sp³-hybridized carbons (Fsp3) is 0.200. The highest BCUT2D eigenvalue weighted by Crippen LogP contribution is 2.23. The molecule has 0 aromatic heterocycles.